The molecule has 0 spiro atoms. The van der Waals surface area contributed by atoms with Crippen molar-refractivity contribution in [3.63, 3.8) is 0 Å². The van der Waals surface area contributed by atoms with E-state index in [1.807, 2.05) is 6.92 Å². The van der Waals surface area contributed by atoms with Crippen LogP contribution in [-0.2, 0) is 18.9 Å². The molecule has 0 aliphatic heterocycles. The normalized spacial score (nSPS) is 11.8. The first kappa shape index (κ1) is 30.2. The average Bonchev–Trinajstić information content (AvgIpc) is 2.86. The van der Waals surface area contributed by atoms with E-state index in [4.69, 9.17) is 5.73 Å². The number of aromatic nitrogens is 5. The smallest absolute Gasteiger partial charge is 0.397 e. The Hall–Kier alpha value is -4.37. The molecule has 214 valence electrons. The molecule has 3 heterocycles. The second kappa shape index (κ2) is 11.8. The van der Waals surface area contributed by atoms with E-state index in [0.29, 0.717) is 18.9 Å². The van der Waals surface area contributed by atoms with Gasteiger partial charge in [-0.25, -0.2) is 23.8 Å². The van der Waals surface area contributed by atoms with Crippen molar-refractivity contribution in [1.82, 2.24) is 24.7 Å². The minimum absolute atomic E-state index is 0.120. The van der Waals surface area contributed by atoms with Crippen LogP contribution >= 0.6 is 0 Å². The molecule has 0 bridgehead atoms. The van der Waals surface area contributed by atoms with Crippen LogP contribution in [0.4, 0.5) is 40.8 Å². The van der Waals surface area contributed by atoms with Crippen molar-refractivity contribution in [3.05, 3.63) is 80.4 Å². The Balaban J connectivity index is 0.000000307. The van der Waals surface area contributed by atoms with E-state index >= 15 is 0 Å². The Kier molecular flexibility index (Phi) is 8.90. The monoisotopic (exact) mass is 576 g/mol. The van der Waals surface area contributed by atoms with E-state index in [1.165, 1.54) is 16.8 Å². The van der Waals surface area contributed by atoms with E-state index in [9.17, 15) is 44.7 Å². The number of pyridine rings is 1. The number of nitrogen functional groups attached to an aromatic ring is 1. The van der Waals surface area contributed by atoms with Crippen LogP contribution in [0.5, 0.6) is 0 Å². The molecule has 1 aromatic carbocycles. The fourth-order valence-electron chi connectivity index (χ4n) is 3.56. The van der Waals surface area contributed by atoms with Gasteiger partial charge in [0.05, 0.1) is 28.4 Å². The van der Waals surface area contributed by atoms with Gasteiger partial charge >= 0.3 is 12.4 Å². The Labute approximate surface area is 219 Å². The minimum atomic E-state index is -4.74. The number of aryl methyl sites for hydroxylation is 1. The van der Waals surface area contributed by atoms with Crippen molar-refractivity contribution in [2.45, 2.75) is 45.1 Å². The van der Waals surface area contributed by atoms with Gasteiger partial charge in [0, 0.05) is 25.1 Å². The zero-order valence-corrected chi connectivity index (χ0v) is 20.5. The second-order valence-electron chi connectivity index (χ2n) is 8.36. The topological polar surface area (TPSA) is 120 Å². The van der Waals surface area contributed by atoms with Gasteiger partial charge in [0.1, 0.15) is 5.56 Å². The Bertz CT molecular complexity index is 1610. The summed E-state index contributed by atoms with van der Waals surface area (Å²) in [7, 11) is 0. The van der Waals surface area contributed by atoms with Crippen LogP contribution in [0, 0.1) is 11.6 Å². The van der Waals surface area contributed by atoms with Gasteiger partial charge in [-0.3, -0.25) is 9.59 Å². The molecule has 8 nitrogen and oxygen atoms in total. The lowest BCUT2D eigenvalue weighted by molar-refractivity contribution is -0.138. The van der Waals surface area contributed by atoms with Crippen molar-refractivity contribution >= 4 is 16.5 Å². The molecule has 40 heavy (non-hydrogen) atoms. The summed E-state index contributed by atoms with van der Waals surface area (Å²) < 4.78 is 104. The Morgan fingerprint density at radius 3 is 2.12 bits per heavy atom. The predicted octanol–water partition coefficient (Wildman–Crippen LogP) is 5.32. The zero-order chi connectivity index (χ0) is 29.8. The van der Waals surface area contributed by atoms with Crippen LogP contribution in [0.2, 0.25) is 0 Å². The highest BCUT2D eigenvalue weighted by atomic mass is 19.4. The number of fused-ring (bicyclic) bond motifs is 1. The number of nitrogens with two attached hydrogens (primary N) is 1. The quantitative estimate of drug-likeness (QED) is 0.245. The van der Waals surface area contributed by atoms with E-state index in [0.717, 1.165) is 31.5 Å². The Morgan fingerprint density at radius 1 is 0.950 bits per heavy atom. The molecule has 16 heteroatoms. The molecule has 0 unspecified atom stereocenters. The molecule has 0 fully saturated rings. The van der Waals surface area contributed by atoms with Crippen molar-refractivity contribution < 1.29 is 35.1 Å². The number of anilines is 1. The molecule has 0 aliphatic carbocycles. The first-order valence-electron chi connectivity index (χ1n) is 11.5. The number of rotatable bonds is 5. The van der Waals surface area contributed by atoms with Gasteiger partial charge in [-0.05, 0) is 23.9 Å². The largest absolute Gasteiger partial charge is 0.423 e. The lowest BCUT2D eigenvalue weighted by Gasteiger charge is -2.11. The van der Waals surface area contributed by atoms with Crippen LogP contribution in [0.3, 0.4) is 0 Å². The van der Waals surface area contributed by atoms with Crippen molar-refractivity contribution in [2.75, 3.05) is 5.73 Å². The molecule has 0 saturated heterocycles. The molecule has 0 radical (unpaired) electrons. The number of nitrogens with one attached hydrogen (secondary N) is 1. The summed E-state index contributed by atoms with van der Waals surface area (Å²) in [5.74, 6) is -3.15. The highest BCUT2D eigenvalue weighted by molar-refractivity contribution is 5.86. The maximum atomic E-state index is 14.6. The van der Waals surface area contributed by atoms with Crippen LogP contribution in [-0.4, -0.2) is 24.7 Å². The van der Waals surface area contributed by atoms with Gasteiger partial charge in [0.25, 0.3) is 11.1 Å². The van der Waals surface area contributed by atoms with Crippen molar-refractivity contribution in [1.29, 1.82) is 0 Å². The summed E-state index contributed by atoms with van der Waals surface area (Å²) >= 11 is 0. The van der Waals surface area contributed by atoms with Crippen LogP contribution in [0.15, 0.2) is 46.5 Å². The summed E-state index contributed by atoms with van der Waals surface area (Å²) in [5.41, 5.74) is -0.687. The number of hydrogen-bond donors (Lipinski definition) is 2. The third-order valence-corrected chi connectivity index (χ3v) is 5.54. The number of benzene rings is 1. The number of aromatic amines is 1. The summed E-state index contributed by atoms with van der Waals surface area (Å²) in [6.07, 6.45) is -3.60. The van der Waals surface area contributed by atoms with E-state index in [2.05, 4.69) is 15.1 Å². The third kappa shape index (κ3) is 6.60. The van der Waals surface area contributed by atoms with E-state index in [1.54, 1.807) is 5.10 Å². The standard InChI is InChI=1S/C19H16F5N3O.C5H4F3N3O/c1-2-3-4-6-27-7-5-11-8-13(15(20)16(21)14(11)18(27)28)17-25-9-12(10-26-17)19(22,23)24;6-5(7,8)3-2(9)1-10-11-4(3)12/h5,7-10H,2-4,6H2,1H3;1H,(H3,9,11,12). The molecule has 0 saturated carbocycles. The summed E-state index contributed by atoms with van der Waals surface area (Å²) in [4.78, 5) is 30.1. The van der Waals surface area contributed by atoms with Gasteiger partial charge in [0.15, 0.2) is 17.5 Å². The second-order valence-corrected chi connectivity index (χ2v) is 8.36. The summed E-state index contributed by atoms with van der Waals surface area (Å²) in [6, 6.07) is 2.62. The Morgan fingerprint density at radius 2 is 1.60 bits per heavy atom. The number of hydrogen-bond acceptors (Lipinski definition) is 6. The predicted molar refractivity (Wildman–Crippen MR) is 128 cm³/mol. The molecular weight excluding hydrogens is 556 g/mol. The molecular formula is C24H20F8N6O2. The zero-order valence-electron chi connectivity index (χ0n) is 20.5. The van der Waals surface area contributed by atoms with Crippen LogP contribution in [0.25, 0.3) is 22.2 Å². The van der Waals surface area contributed by atoms with E-state index < -0.39 is 68.7 Å². The van der Waals surface area contributed by atoms with Gasteiger partial charge in [-0.1, -0.05) is 19.8 Å². The first-order chi connectivity index (χ1) is 18.7. The van der Waals surface area contributed by atoms with Gasteiger partial charge < -0.3 is 10.3 Å². The number of nitrogens with zero attached hydrogens (tertiary/aromatic N) is 4. The van der Waals surface area contributed by atoms with E-state index in [-0.39, 0.29) is 5.39 Å². The number of H-pyrrole nitrogens is 1. The van der Waals surface area contributed by atoms with Crippen LogP contribution in [0.1, 0.15) is 37.3 Å². The molecule has 0 atom stereocenters. The van der Waals surface area contributed by atoms with Crippen molar-refractivity contribution in [2.24, 2.45) is 0 Å². The fourth-order valence-corrected chi connectivity index (χ4v) is 3.56. The molecule has 4 rings (SSSR count). The maximum Gasteiger partial charge on any atom is 0.423 e. The van der Waals surface area contributed by atoms with Crippen LogP contribution < -0.4 is 16.9 Å². The molecule has 4 aromatic rings. The highest BCUT2D eigenvalue weighted by Gasteiger charge is 2.36. The molecule has 0 amide bonds. The average molecular weight is 576 g/mol. The number of alkyl halides is 6. The summed E-state index contributed by atoms with van der Waals surface area (Å²) in [6.45, 7) is 2.39. The highest BCUT2D eigenvalue weighted by Crippen LogP contribution is 2.31. The minimum Gasteiger partial charge on any atom is -0.397 e. The van der Waals surface area contributed by atoms with Gasteiger partial charge in [0.2, 0.25) is 0 Å². The van der Waals surface area contributed by atoms with Gasteiger partial charge in [-0.2, -0.15) is 31.4 Å². The molecule has 0 aliphatic rings. The fraction of sp³-hybridized carbons (Fsp3) is 0.292. The third-order valence-electron chi connectivity index (χ3n) is 5.54. The van der Waals surface area contributed by atoms with Crippen molar-refractivity contribution in [3.8, 4) is 11.4 Å². The lowest BCUT2D eigenvalue weighted by Crippen LogP contribution is -2.24. The first-order valence-corrected chi connectivity index (χ1v) is 11.5. The van der Waals surface area contributed by atoms with Gasteiger partial charge in [-0.15, -0.1) is 0 Å². The molecule has 3 aromatic heterocycles. The molecule has 3 N–H and O–H groups in total. The lowest BCUT2D eigenvalue weighted by atomic mass is 10.1. The SMILES string of the molecule is CCCCCn1ccc2cc(-c3ncc(C(F)(F)F)cn3)c(F)c(F)c2c1=O.Nc1cn[nH]c(=O)c1C(F)(F)F. The summed E-state index contributed by atoms with van der Waals surface area (Å²) in [5, 5.41) is 4.45. The maximum absolute atomic E-state index is 14.6. The number of halogens is 8. The number of unbranched alkanes of at least 4 members (excludes halogenated alkanes) is 2.